The topological polar surface area (TPSA) is 38.1 Å². The molecule has 4 heteroatoms. The quantitative estimate of drug-likeness (QED) is 0.780. The van der Waals surface area contributed by atoms with Crippen LogP contribution in [0.4, 0.5) is 0 Å². The number of hydrogen-bond acceptors (Lipinski definition) is 4. The third-order valence-electron chi connectivity index (χ3n) is 2.81. The zero-order valence-corrected chi connectivity index (χ0v) is 11.0. The maximum atomic E-state index is 5.76. The highest BCUT2D eigenvalue weighted by molar-refractivity contribution is 7.22. The molecular weight excluding hydrogens is 244 g/mol. The van der Waals surface area contributed by atoms with Crippen LogP contribution in [-0.2, 0) is 6.42 Å². The maximum absolute atomic E-state index is 5.76. The van der Waals surface area contributed by atoms with Crippen molar-refractivity contribution in [2.75, 3.05) is 13.6 Å². The van der Waals surface area contributed by atoms with Crippen LogP contribution in [0.2, 0.25) is 0 Å². The Balaban J connectivity index is 1.91. The van der Waals surface area contributed by atoms with E-state index in [0.29, 0.717) is 0 Å². The van der Waals surface area contributed by atoms with Gasteiger partial charge in [0.15, 0.2) is 11.7 Å². The lowest BCUT2D eigenvalue weighted by Gasteiger charge is -1.93. The van der Waals surface area contributed by atoms with E-state index >= 15 is 0 Å². The monoisotopic (exact) mass is 258 g/mol. The highest BCUT2D eigenvalue weighted by Crippen LogP contribution is 2.33. The minimum Gasteiger partial charge on any atom is -0.440 e. The summed E-state index contributed by atoms with van der Waals surface area (Å²) in [6.45, 7) is 0.881. The molecule has 2 aromatic heterocycles. The Labute approximate surface area is 109 Å². The lowest BCUT2D eigenvalue weighted by molar-refractivity contribution is 0.501. The van der Waals surface area contributed by atoms with E-state index in [2.05, 4.69) is 40.6 Å². The number of rotatable bonds is 4. The smallest absolute Gasteiger partial charge is 0.196 e. The molecule has 1 aromatic carbocycles. The number of aromatic nitrogens is 1. The highest BCUT2D eigenvalue weighted by Gasteiger charge is 2.09. The molecule has 92 valence electrons. The molecule has 0 aliphatic heterocycles. The van der Waals surface area contributed by atoms with Crippen molar-refractivity contribution >= 4 is 21.4 Å². The van der Waals surface area contributed by atoms with Crippen molar-refractivity contribution in [3.63, 3.8) is 0 Å². The average molecular weight is 258 g/mol. The van der Waals surface area contributed by atoms with Gasteiger partial charge in [-0.1, -0.05) is 18.2 Å². The molecule has 0 saturated carbocycles. The fourth-order valence-electron chi connectivity index (χ4n) is 1.87. The Hall–Kier alpha value is -1.65. The van der Waals surface area contributed by atoms with Crippen LogP contribution in [0.5, 0.6) is 0 Å². The lowest BCUT2D eigenvalue weighted by Crippen LogP contribution is -2.10. The summed E-state index contributed by atoms with van der Waals surface area (Å²) in [5, 5.41) is 4.34. The predicted octanol–water partition coefficient (Wildman–Crippen LogP) is 3.32. The highest BCUT2D eigenvalue weighted by atomic mass is 32.1. The van der Waals surface area contributed by atoms with Crippen LogP contribution in [0.15, 0.2) is 40.9 Å². The number of nitrogens with one attached hydrogen (secondary N) is 1. The van der Waals surface area contributed by atoms with Crippen molar-refractivity contribution < 1.29 is 4.42 Å². The van der Waals surface area contributed by atoms with Gasteiger partial charge in [-0.2, -0.15) is 0 Å². The largest absolute Gasteiger partial charge is 0.440 e. The van der Waals surface area contributed by atoms with Gasteiger partial charge in [-0.3, -0.25) is 0 Å². The number of likely N-dealkylation sites (N-methyl/N-ethyl adjacent to an activating group) is 1. The Bertz CT molecular complexity index is 623. The summed E-state index contributed by atoms with van der Waals surface area (Å²) in [6.07, 6.45) is 2.64. The second kappa shape index (κ2) is 4.92. The van der Waals surface area contributed by atoms with Crippen molar-refractivity contribution in [2.45, 2.75) is 6.42 Å². The zero-order valence-electron chi connectivity index (χ0n) is 10.1. The summed E-state index contributed by atoms with van der Waals surface area (Å²) < 4.78 is 7.04. The number of benzene rings is 1. The number of oxazole rings is 1. The standard InChI is InChI=1S/C14H14N2OS/c1-15-7-6-14-16-9-11(17-14)13-8-10-4-2-3-5-12(10)18-13/h2-5,8-9,15H,6-7H2,1H3. The molecule has 18 heavy (non-hydrogen) atoms. The summed E-state index contributed by atoms with van der Waals surface area (Å²) in [5.41, 5.74) is 0. The van der Waals surface area contributed by atoms with Crippen LogP contribution < -0.4 is 5.32 Å². The first-order valence-corrected chi connectivity index (χ1v) is 6.77. The van der Waals surface area contributed by atoms with Gasteiger partial charge in [-0.05, 0) is 24.6 Å². The fourth-order valence-corrected chi connectivity index (χ4v) is 2.88. The van der Waals surface area contributed by atoms with E-state index in [9.17, 15) is 0 Å². The molecule has 0 atom stereocenters. The summed E-state index contributed by atoms with van der Waals surface area (Å²) in [6, 6.07) is 10.5. The molecule has 0 aliphatic rings. The van der Waals surface area contributed by atoms with E-state index in [0.717, 1.165) is 29.5 Å². The molecule has 0 spiro atoms. The van der Waals surface area contributed by atoms with Crippen molar-refractivity contribution in [3.05, 3.63) is 42.4 Å². The van der Waals surface area contributed by atoms with Gasteiger partial charge in [-0.15, -0.1) is 11.3 Å². The van der Waals surface area contributed by atoms with Crippen molar-refractivity contribution in [2.24, 2.45) is 0 Å². The molecular formula is C14H14N2OS. The third-order valence-corrected chi connectivity index (χ3v) is 3.94. The lowest BCUT2D eigenvalue weighted by atomic mass is 10.2. The van der Waals surface area contributed by atoms with Gasteiger partial charge in [-0.25, -0.2) is 4.98 Å². The normalized spacial score (nSPS) is 11.2. The van der Waals surface area contributed by atoms with E-state index in [4.69, 9.17) is 4.42 Å². The van der Waals surface area contributed by atoms with Gasteiger partial charge in [0, 0.05) is 17.7 Å². The molecule has 0 radical (unpaired) electrons. The van der Waals surface area contributed by atoms with Crippen molar-refractivity contribution in [1.82, 2.24) is 10.3 Å². The van der Waals surface area contributed by atoms with E-state index in [1.807, 2.05) is 13.2 Å². The van der Waals surface area contributed by atoms with Crippen LogP contribution in [0, 0.1) is 0 Å². The van der Waals surface area contributed by atoms with Crippen LogP contribution in [0.3, 0.4) is 0 Å². The van der Waals surface area contributed by atoms with Crippen LogP contribution >= 0.6 is 11.3 Å². The number of fused-ring (bicyclic) bond motifs is 1. The SMILES string of the molecule is CNCCc1ncc(-c2cc3ccccc3s2)o1. The van der Waals surface area contributed by atoms with E-state index in [-0.39, 0.29) is 0 Å². The molecule has 0 bridgehead atoms. The number of thiophene rings is 1. The van der Waals surface area contributed by atoms with Gasteiger partial charge in [0.05, 0.1) is 11.1 Å². The molecule has 3 rings (SSSR count). The molecule has 3 nitrogen and oxygen atoms in total. The molecule has 1 N–H and O–H groups in total. The van der Waals surface area contributed by atoms with Crippen molar-refractivity contribution in [3.8, 4) is 10.6 Å². The maximum Gasteiger partial charge on any atom is 0.196 e. The minimum atomic E-state index is 0.789. The first-order valence-electron chi connectivity index (χ1n) is 5.95. The van der Waals surface area contributed by atoms with Crippen LogP contribution in [0.25, 0.3) is 20.7 Å². The molecule has 2 heterocycles. The predicted molar refractivity (Wildman–Crippen MR) is 75.0 cm³/mol. The second-order valence-corrected chi connectivity index (χ2v) is 5.20. The average Bonchev–Trinajstić information content (AvgIpc) is 3.02. The Morgan fingerprint density at radius 1 is 1.33 bits per heavy atom. The second-order valence-electron chi connectivity index (χ2n) is 4.12. The fraction of sp³-hybridized carbons (Fsp3) is 0.214. The van der Waals surface area contributed by atoms with E-state index in [1.165, 1.54) is 10.1 Å². The first-order chi connectivity index (χ1) is 8.86. The molecule has 0 saturated heterocycles. The Kier molecular flexibility index (Phi) is 3.13. The van der Waals surface area contributed by atoms with Gasteiger partial charge in [0.25, 0.3) is 0 Å². The summed E-state index contributed by atoms with van der Waals surface area (Å²) in [7, 11) is 1.93. The minimum absolute atomic E-state index is 0.789. The zero-order chi connectivity index (χ0) is 12.4. The number of hydrogen-bond donors (Lipinski definition) is 1. The van der Waals surface area contributed by atoms with Crippen LogP contribution in [-0.4, -0.2) is 18.6 Å². The van der Waals surface area contributed by atoms with Crippen LogP contribution in [0.1, 0.15) is 5.89 Å². The molecule has 0 unspecified atom stereocenters. The molecule has 0 fully saturated rings. The van der Waals surface area contributed by atoms with Gasteiger partial charge >= 0.3 is 0 Å². The summed E-state index contributed by atoms with van der Waals surface area (Å²) in [5.74, 6) is 1.65. The first kappa shape index (κ1) is 11.4. The molecule has 3 aromatic rings. The molecule has 0 amide bonds. The van der Waals surface area contributed by atoms with E-state index in [1.54, 1.807) is 11.3 Å². The third kappa shape index (κ3) is 2.17. The van der Waals surface area contributed by atoms with Gasteiger partial charge in [0.1, 0.15) is 0 Å². The summed E-state index contributed by atoms with van der Waals surface area (Å²) >= 11 is 1.74. The van der Waals surface area contributed by atoms with Gasteiger partial charge < -0.3 is 9.73 Å². The summed E-state index contributed by atoms with van der Waals surface area (Å²) in [4.78, 5) is 5.44. The Morgan fingerprint density at radius 3 is 3.06 bits per heavy atom. The Morgan fingerprint density at radius 2 is 2.22 bits per heavy atom. The number of nitrogens with zero attached hydrogens (tertiary/aromatic N) is 1. The van der Waals surface area contributed by atoms with Gasteiger partial charge in [0.2, 0.25) is 0 Å². The van der Waals surface area contributed by atoms with E-state index < -0.39 is 0 Å². The van der Waals surface area contributed by atoms with Crippen molar-refractivity contribution in [1.29, 1.82) is 0 Å². The molecule has 0 aliphatic carbocycles.